The first-order chi connectivity index (χ1) is 11.9. The van der Waals surface area contributed by atoms with Gasteiger partial charge < -0.3 is 10.1 Å². The number of ether oxygens (including phenoxy) is 1. The zero-order chi connectivity index (χ0) is 18.4. The number of hydrogen-bond acceptors (Lipinski definition) is 4. The fourth-order valence-electron chi connectivity index (χ4n) is 2.02. The predicted octanol–water partition coefficient (Wildman–Crippen LogP) is 3.94. The largest absolute Gasteiger partial charge is 0.495 e. The number of methoxy groups -OCH3 is 1. The number of halogens is 2. The zero-order valence-electron chi connectivity index (χ0n) is 13.5. The van der Waals surface area contributed by atoms with E-state index in [9.17, 15) is 9.59 Å². The summed E-state index contributed by atoms with van der Waals surface area (Å²) in [6.07, 6.45) is 1.50. The van der Waals surface area contributed by atoms with Crippen LogP contribution in [0.15, 0.2) is 50.4 Å². The highest BCUT2D eigenvalue weighted by molar-refractivity contribution is 9.11. The van der Waals surface area contributed by atoms with E-state index in [0.717, 1.165) is 8.95 Å². The van der Waals surface area contributed by atoms with Crippen LogP contribution in [0, 0.1) is 0 Å². The molecule has 130 valence electrons. The second kappa shape index (κ2) is 8.77. The highest BCUT2D eigenvalue weighted by atomic mass is 79.9. The molecule has 2 aromatic carbocycles. The Morgan fingerprint density at radius 3 is 2.44 bits per heavy atom. The summed E-state index contributed by atoms with van der Waals surface area (Å²) in [6, 6.07) is 10.2. The molecule has 0 unspecified atom stereocenters. The first-order valence-electron chi connectivity index (χ1n) is 7.15. The summed E-state index contributed by atoms with van der Waals surface area (Å²) in [5, 5.41) is 6.60. The molecule has 0 bridgehead atoms. The van der Waals surface area contributed by atoms with Gasteiger partial charge in [0, 0.05) is 28.2 Å². The van der Waals surface area contributed by atoms with E-state index in [4.69, 9.17) is 4.74 Å². The Morgan fingerprint density at radius 2 is 1.84 bits per heavy atom. The molecule has 2 aromatic rings. The Labute approximate surface area is 161 Å². The lowest BCUT2D eigenvalue weighted by atomic mass is 10.2. The molecule has 0 aliphatic heterocycles. The average molecular weight is 469 g/mol. The van der Waals surface area contributed by atoms with Crippen molar-refractivity contribution in [1.29, 1.82) is 0 Å². The standard InChI is InChI=1S/C17H15Br2N3O3/c1-10(23)21-14-5-3-11(4-6-14)17(24)22-20-9-12-7-13(18)8-15(19)16(12)25-2/h3-9H,1-2H3,(H,21,23)(H,22,24). The molecule has 0 saturated heterocycles. The molecule has 0 atom stereocenters. The highest BCUT2D eigenvalue weighted by Gasteiger charge is 2.08. The molecule has 0 aromatic heterocycles. The minimum absolute atomic E-state index is 0.170. The molecule has 0 saturated carbocycles. The van der Waals surface area contributed by atoms with Gasteiger partial charge >= 0.3 is 0 Å². The van der Waals surface area contributed by atoms with Crippen molar-refractivity contribution in [3.63, 3.8) is 0 Å². The number of anilines is 1. The molecule has 0 radical (unpaired) electrons. The van der Waals surface area contributed by atoms with Gasteiger partial charge in [-0.25, -0.2) is 5.43 Å². The van der Waals surface area contributed by atoms with E-state index in [1.807, 2.05) is 12.1 Å². The number of hydrogen-bond donors (Lipinski definition) is 2. The fourth-order valence-corrected chi connectivity index (χ4v) is 3.44. The van der Waals surface area contributed by atoms with Crippen LogP contribution in [0.1, 0.15) is 22.8 Å². The smallest absolute Gasteiger partial charge is 0.271 e. The third-order valence-corrected chi connectivity index (χ3v) is 4.13. The van der Waals surface area contributed by atoms with Gasteiger partial charge in [0.05, 0.1) is 17.8 Å². The Bertz CT molecular complexity index is 821. The summed E-state index contributed by atoms with van der Waals surface area (Å²) in [5.41, 5.74) is 4.20. The Hall–Kier alpha value is -2.19. The maximum absolute atomic E-state index is 12.1. The van der Waals surface area contributed by atoms with E-state index < -0.39 is 0 Å². The first-order valence-corrected chi connectivity index (χ1v) is 8.73. The lowest BCUT2D eigenvalue weighted by Gasteiger charge is -2.08. The van der Waals surface area contributed by atoms with Crippen molar-refractivity contribution in [2.45, 2.75) is 6.92 Å². The van der Waals surface area contributed by atoms with E-state index in [-0.39, 0.29) is 11.8 Å². The molecule has 2 N–H and O–H groups in total. The van der Waals surface area contributed by atoms with Crippen LogP contribution in [0.4, 0.5) is 5.69 Å². The molecule has 0 fully saturated rings. The van der Waals surface area contributed by atoms with Gasteiger partial charge in [0.2, 0.25) is 5.91 Å². The van der Waals surface area contributed by atoms with Crippen LogP contribution in [0.3, 0.4) is 0 Å². The van der Waals surface area contributed by atoms with Crippen LogP contribution in [-0.4, -0.2) is 25.1 Å². The van der Waals surface area contributed by atoms with Crippen LogP contribution in [0.25, 0.3) is 0 Å². The summed E-state index contributed by atoms with van der Waals surface area (Å²) >= 11 is 6.80. The van der Waals surface area contributed by atoms with Crippen molar-refractivity contribution in [3.8, 4) is 5.75 Å². The number of amides is 2. The summed E-state index contributed by atoms with van der Waals surface area (Å²) < 4.78 is 6.93. The molecule has 2 rings (SSSR count). The highest BCUT2D eigenvalue weighted by Crippen LogP contribution is 2.31. The number of hydrazone groups is 1. The van der Waals surface area contributed by atoms with Crippen LogP contribution in [0.2, 0.25) is 0 Å². The second-order valence-electron chi connectivity index (χ2n) is 4.97. The average Bonchev–Trinajstić information content (AvgIpc) is 2.54. The van der Waals surface area contributed by atoms with E-state index >= 15 is 0 Å². The molecule has 0 aliphatic rings. The number of rotatable bonds is 5. The molecule has 6 nitrogen and oxygen atoms in total. The van der Waals surface area contributed by atoms with E-state index in [0.29, 0.717) is 22.6 Å². The molecule has 2 amide bonds. The van der Waals surface area contributed by atoms with Gasteiger partial charge in [0.25, 0.3) is 5.91 Å². The lowest BCUT2D eigenvalue weighted by Crippen LogP contribution is -2.17. The topological polar surface area (TPSA) is 79.8 Å². The lowest BCUT2D eigenvalue weighted by molar-refractivity contribution is -0.114. The number of carbonyl (C=O) groups excluding carboxylic acids is 2. The normalized spacial score (nSPS) is 10.6. The summed E-state index contributed by atoms with van der Waals surface area (Å²) in [4.78, 5) is 23.1. The third kappa shape index (κ3) is 5.40. The summed E-state index contributed by atoms with van der Waals surface area (Å²) in [5.74, 6) is 0.0791. The summed E-state index contributed by atoms with van der Waals surface area (Å²) in [6.45, 7) is 1.42. The van der Waals surface area contributed by atoms with Gasteiger partial charge in [0.15, 0.2) is 0 Å². The second-order valence-corrected chi connectivity index (χ2v) is 6.74. The van der Waals surface area contributed by atoms with Crippen molar-refractivity contribution in [1.82, 2.24) is 5.43 Å². The van der Waals surface area contributed by atoms with Gasteiger partial charge in [-0.3, -0.25) is 9.59 Å². The van der Waals surface area contributed by atoms with Gasteiger partial charge in [-0.1, -0.05) is 15.9 Å². The van der Waals surface area contributed by atoms with Crippen molar-refractivity contribution in [2.24, 2.45) is 5.10 Å². The number of nitrogens with one attached hydrogen (secondary N) is 2. The van der Waals surface area contributed by atoms with Gasteiger partial charge in [-0.05, 0) is 52.3 Å². The van der Waals surface area contributed by atoms with Gasteiger partial charge in [0.1, 0.15) is 5.75 Å². The van der Waals surface area contributed by atoms with Crippen LogP contribution in [-0.2, 0) is 4.79 Å². The molecular weight excluding hydrogens is 454 g/mol. The van der Waals surface area contributed by atoms with E-state index in [1.165, 1.54) is 13.1 Å². The Morgan fingerprint density at radius 1 is 1.16 bits per heavy atom. The molecular formula is C17H15Br2N3O3. The van der Waals surface area contributed by atoms with Gasteiger partial charge in [-0.2, -0.15) is 5.10 Å². The molecule has 0 aliphatic carbocycles. The third-order valence-electron chi connectivity index (χ3n) is 3.08. The number of carbonyl (C=O) groups is 2. The minimum atomic E-state index is -0.362. The molecule has 0 spiro atoms. The number of nitrogens with zero attached hydrogens (tertiary/aromatic N) is 1. The fraction of sp³-hybridized carbons (Fsp3) is 0.118. The van der Waals surface area contributed by atoms with E-state index in [2.05, 4.69) is 47.7 Å². The van der Waals surface area contributed by atoms with E-state index in [1.54, 1.807) is 31.4 Å². The van der Waals surface area contributed by atoms with Crippen molar-refractivity contribution >= 4 is 55.6 Å². The Balaban J connectivity index is 2.07. The predicted molar refractivity (Wildman–Crippen MR) is 104 cm³/mol. The van der Waals surface area contributed by atoms with Crippen LogP contribution in [0.5, 0.6) is 5.75 Å². The monoisotopic (exact) mass is 467 g/mol. The van der Waals surface area contributed by atoms with Crippen LogP contribution >= 0.6 is 31.9 Å². The molecule has 25 heavy (non-hydrogen) atoms. The van der Waals surface area contributed by atoms with Crippen molar-refractivity contribution in [2.75, 3.05) is 12.4 Å². The molecule has 0 heterocycles. The zero-order valence-corrected chi connectivity index (χ0v) is 16.6. The Kier molecular flexibility index (Phi) is 6.72. The molecule has 8 heteroatoms. The number of benzene rings is 2. The maximum Gasteiger partial charge on any atom is 0.271 e. The van der Waals surface area contributed by atoms with Gasteiger partial charge in [-0.15, -0.1) is 0 Å². The van der Waals surface area contributed by atoms with Crippen LogP contribution < -0.4 is 15.5 Å². The SMILES string of the molecule is COc1c(Br)cc(Br)cc1C=NNC(=O)c1ccc(NC(C)=O)cc1. The maximum atomic E-state index is 12.1. The minimum Gasteiger partial charge on any atom is -0.495 e. The quantitative estimate of drug-likeness (QED) is 0.515. The summed E-state index contributed by atoms with van der Waals surface area (Å²) in [7, 11) is 1.56. The van der Waals surface area contributed by atoms with Crippen molar-refractivity contribution in [3.05, 3.63) is 56.5 Å². The van der Waals surface area contributed by atoms with Crippen molar-refractivity contribution < 1.29 is 14.3 Å². The first kappa shape index (κ1) is 19.1.